The molecule has 0 spiro atoms. The molecule has 0 bridgehead atoms. The number of rotatable bonds is 7. The number of hydrogen-bond donors (Lipinski definition) is 0. The van der Waals surface area contributed by atoms with Crippen molar-refractivity contribution in [2.45, 2.75) is 52.4 Å². The molecule has 0 aliphatic heterocycles. The van der Waals surface area contributed by atoms with Gasteiger partial charge in [0.05, 0.1) is 0 Å². The Morgan fingerprint density at radius 1 is 1.13 bits per heavy atom. The van der Waals surface area contributed by atoms with Crippen LogP contribution in [0.2, 0.25) is 0 Å². The van der Waals surface area contributed by atoms with Gasteiger partial charge in [0.25, 0.3) is 0 Å². The van der Waals surface area contributed by atoms with E-state index in [0.29, 0.717) is 13.1 Å². The summed E-state index contributed by atoms with van der Waals surface area (Å²) in [6.07, 6.45) is 5.19. The topological polar surface area (TPSA) is 37.4 Å². The summed E-state index contributed by atoms with van der Waals surface area (Å²) in [5.74, 6) is 0.0971. The standard InChI is InChI=1S/C20H27NO2/c1-4-21(14-15(2)3)20(23)12-11-19(22)18-10-9-16-7-5-6-8-17(16)13-18/h9-10,13H,2,4-8,11-12,14H2,1,3H3. The van der Waals surface area contributed by atoms with Gasteiger partial charge >= 0.3 is 0 Å². The monoisotopic (exact) mass is 313 g/mol. The summed E-state index contributed by atoms with van der Waals surface area (Å²) in [4.78, 5) is 26.3. The molecule has 1 aromatic carbocycles. The lowest BCUT2D eigenvalue weighted by Crippen LogP contribution is -2.32. The van der Waals surface area contributed by atoms with Gasteiger partial charge in [0.15, 0.2) is 5.78 Å². The van der Waals surface area contributed by atoms with Crippen LogP contribution in [0.1, 0.15) is 61.0 Å². The molecule has 0 atom stereocenters. The highest BCUT2D eigenvalue weighted by molar-refractivity contribution is 5.98. The Kier molecular flexibility index (Phi) is 6.14. The van der Waals surface area contributed by atoms with E-state index in [1.165, 1.54) is 24.0 Å². The highest BCUT2D eigenvalue weighted by atomic mass is 16.2. The molecule has 2 rings (SSSR count). The van der Waals surface area contributed by atoms with E-state index in [-0.39, 0.29) is 24.5 Å². The number of benzene rings is 1. The molecule has 1 aromatic rings. The second-order valence-electron chi connectivity index (χ2n) is 6.48. The smallest absolute Gasteiger partial charge is 0.223 e. The Morgan fingerprint density at radius 3 is 2.48 bits per heavy atom. The van der Waals surface area contributed by atoms with Crippen LogP contribution in [0.25, 0.3) is 0 Å². The zero-order valence-electron chi connectivity index (χ0n) is 14.4. The SMILES string of the molecule is C=C(C)CN(CC)C(=O)CCC(=O)c1ccc2c(c1)CCCC2. The number of ketones is 1. The van der Waals surface area contributed by atoms with Gasteiger partial charge in [-0.15, -0.1) is 0 Å². The normalized spacial score (nSPS) is 13.3. The van der Waals surface area contributed by atoms with Crippen molar-refractivity contribution >= 4 is 11.7 Å². The van der Waals surface area contributed by atoms with E-state index < -0.39 is 0 Å². The predicted molar refractivity (Wildman–Crippen MR) is 93.7 cm³/mol. The fraction of sp³-hybridized carbons (Fsp3) is 0.500. The van der Waals surface area contributed by atoms with Gasteiger partial charge < -0.3 is 4.90 Å². The van der Waals surface area contributed by atoms with E-state index in [2.05, 4.69) is 12.6 Å². The van der Waals surface area contributed by atoms with Crippen LogP contribution in [-0.2, 0) is 17.6 Å². The maximum Gasteiger partial charge on any atom is 0.223 e. The second kappa shape index (κ2) is 8.09. The molecule has 0 radical (unpaired) electrons. The summed E-state index contributed by atoms with van der Waals surface area (Å²) in [5.41, 5.74) is 4.40. The molecule has 1 aliphatic rings. The van der Waals surface area contributed by atoms with Crippen LogP contribution in [0, 0.1) is 0 Å². The molecule has 0 saturated carbocycles. The summed E-state index contributed by atoms with van der Waals surface area (Å²) in [6.45, 7) is 8.93. The molecule has 0 unspecified atom stereocenters. The van der Waals surface area contributed by atoms with Gasteiger partial charge in [-0.05, 0) is 56.7 Å². The first-order valence-electron chi connectivity index (χ1n) is 8.58. The van der Waals surface area contributed by atoms with Gasteiger partial charge in [-0.2, -0.15) is 0 Å². The molecule has 124 valence electrons. The van der Waals surface area contributed by atoms with Crippen molar-refractivity contribution in [3.8, 4) is 0 Å². The van der Waals surface area contributed by atoms with Crippen molar-refractivity contribution in [2.75, 3.05) is 13.1 Å². The number of nitrogens with zero attached hydrogens (tertiary/aromatic N) is 1. The van der Waals surface area contributed by atoms with Crippen molar-refractivity contribution < 1.29 is 9.59 Å². The third kappa shape index (κ3) is 4.78. The van der Waals surface area contributed by atoms with Crippen molar-refractivity contribution in [3.63, 3.8) is 0 Å². The van der Waals surface area contributed by atoms with Crippen LogP contribution in [0.15, 0.2) is 30.4 Å². The number of hydrogen-bond acceptors (Lipinski definition) is 2. The molecule has 0 aromatic heterocycles. The number of carbonyl (C=O) groups excluding carboxylic acids is 2. The fourth-order valence-electron chi connectivity index (χ4n) is 3.13. The van der Waals surface area contributed by atoms with Crippen LogP contribution >= 0.6 is 0 Å². The summed E-state index contributed by atoms with van der Waals surface area (Å²) in [7, 11) is 0. The van der Waals surface area contributed by atoms with Crippen molar-refractivity contribution in [2.24, 2.45) is 0 Å². The van der Waals surface area contributed by atoms with Gasteiger partial charge in [-0.1, -0.05) is 24.3 Å². The number of carbonyl (C=O) groups is 2. The first kappa shape index (κ1) is 17.5. The van der Waals surface area contributed by atoms with Crippen LogP contribution in [-0.4, -0.2) is 29.7 Å². The van der Waals surface area contributed by atoms with E-state index in [1.54, 1.807) is 4.90 Å². The van der Waals surface area contributed by atoms with Gasteiger partial charge in [-0.3, -0.25) is 9.59 Å². The molecule has 0 fully saturated rings. The number of amides is 1. The van der Waals surface area contributed by atoms with E-state index in [1.807, 2.05) is 26.0 Å². The van der Waals surface area contributed by atoms with Crippen molar-refractivity contribution in [1.82, 2.24) is 4.90 Å². The Bertz CT molecular complexity index is 604. The van der Waals surface area contributed by atoms with Crippen molar-refractivity contribution in [1.29, 1.82) is 0 Å². The Hall–Kier alpha value is -1.90. The Balaban J connectivity index is 1.94. The minimum atomic E-state index is 0.0295. The van der Waals surface area contributed by atoms with E-state index >= 15 is 0 Å². The first-order valence-corrected chi connectivity index (χ1v) is 8.58. The minimum absolute atomic E-state index is 0.0295. The van der Waals surface area contributed by atoms with Gasteiger partial charge in [-0.25, -0.2) is 0 Å². The zero-order chi connectivity index (χ0) is 16.8. The second-order valence-corrected chi connectivity index (χ2v) is 6.48. The van der Waals surface area contributed by atoms with Gasteiger partial charge in [0, 0.05) is 31.5 Å². The fourth-order valence-corrected chi connectivity index (χ4v) is 3.13. The van der Waals surface area contributed by atoms with Crippen LogP contribution < -0.4 is 0 Å². The van der Waals surface area contributed by atoms with Crippen LogP contribution in [0.3, 0.4) is 0 Å². The van der Waals surface area contributed by atoms with Crippen LogP contribution in [0.5, 0.6) is 0 Å². The number of likely N-dealkylation sites (N-methyl/N-ethyl adjacent to an activating group) is 1. The molecule has 23 heavy (non-hydrogen) atoms. The molecule has 0 N–H and O–H groups in total. The summed E-state index contributed by atoms with van der Waals surface area (Å²) < 4.78 is 0. The quantitative estimate of drug-likeness (QED) is 0.564. The third-order valence-corrected chi connectivity index (χ3v) is 4.43. The summed E-state index contributed by atoms with van der Waals surface area (Å²) in [5, 5.41) is 0. The Labute approximate surface area is 139 Å². The zero-order valence-corrected chi connectivity index (χ0v) is 14.4. The molecule has 3 heteroatoms. The highest BCUT2D eigenvalue weighted by Crippen LogP contribution is 2.23. The molecular weight excluding hydrogens is 286 g/mol. The number of Topliss-reactive ketones (excluding diaryl/α,β-unsaturated/α-hetero) is 1. The maximum atomic E-state index is 12.4. The van der Waals surface area contributed by atoms with Gasteiger partial charge in [0.2, 0.25) is 5.91 Å². The average Bonchev–Trinajstić information content (AvgIpc) is 2.56. The predicted octanol–water partition coefficient (Wildman–Crippen LogP) is 3.95. The van der Waals surface area contributed by atoms with E-state index in [9.17, 15) is 9.59 Å². The lowest BCUT2D eigenvalue weighted by atomic mass is 9.89. The number of aryl methyl sites for hydroxylation is 2. The summed E-state index contributed by atoms with van der Waals surface area (Å²) in [6, 6.07) is 6.04. The van der Waals surface area contributed by atoms with E-state index in [0.717, 1.165) is 24.0 Å². The first-order chi connectivity index (χ1) is 11.0. The number of fused-ring (bicyclic) bond motifs is 1. The summed E-state index contributed by atoms with van der Waals surface area (Å²) >= 11 is 0. The lowest BCUT2D eigenvalue weighted by molar-refractivity contribution is -0.130. The molecular formula is C20H27NO2. The maximum absolute atomic E-state index is 12.4. The Morgan fingerprint density at radius 2 is 1.83 bits per heavy atom. The lowest BCUT2D eigenvalue weighted by Gasteiger charge is -2.21. The average molecular weight is 313 g/mol. The molecule has 0 heterocycles. The molecule has 3 nitrogen and oxygen atoms in total. The third-order valence-electron chi connectivity index (χ3n) is 4.43. The molecule has 1 aliphatic carbocycles. The molecule has 1 amide bonds. The van der Waals surface area contributed by atoms with Crippen LogP contribution in [0.4, 0.5) is 0 Å². The minimum Gasteiger partial charge on any atom is -0.339 e. The van der Waals surface area contributed by atoms with Crippen molar-refractivity contribution in [3.05, 3.63) is 47.0 Å². The molecule has 0 saturated heterocycles. The van der Waals surface area contributed by atoms with Gasteiger partial charge in [0.1, 0.15) is 0 Å². The largest absolute Gasteiger partial charge is 0.339 e. The van der Waals surface area contributed by atoms with E-state index in [4.69, 9.17) is 0 Å². The highest BCUT2D eigenvalue weighted by Gasteiger charge is 2.16.